The SMILES string of the molecule is ClCCC1(CNc2ncccn2)CC1. The minimum Gasteiger partial charge on any atom is -0.354 e. The first-order valence-corrected chi connectivity index (χ1v) is 5.45. The van der Waals surface area contributed by atoms with E-state index in [1.165, 1.54) is 12.8 Å². The summed E-state index contributed by atoms with van der Waals surface area (Å²) < 4.78 is 0. The summed E-state index contributed by atoms with van der Waals surface area (Å²) in [6, 6.07) is 1.82. The van der Waals surface area contributed by atoms with Gasteiger partial charge in [-0.1, -0.05) is 0 Å². The Labute approximate surface area is 88.9 Å². The zero-order valence-electron chi connectivity index (χ0n) is 8.04. The molecule has 14 heavy (non-hydrogen) atoms. The molecule has 0 saturated heterocycles. The first-order chi connectivity index (χ1) is 6.85. The highest BCUT2D eigenvalue weighted by Gasteiger charge is 2.41. The average molecular weight is 212 g/mol. The lowest BCUT2D eigenvalue weighted by Crippen LogP contribution is -2.17. The Morgan fingerprint density at radius 1 is 1.36 bits per heavy atom. The summed E-state index contributed by atoms with van der Waals surface area (Å²) in [7, 11) is 0. The Morgan fingerprint density at radius 3 is 2.64 bits per heavy atom. The van der Waals surface area contributed by atoms with Crippen molar-refractivity contribution < 1.29 is 0 Å². The van der Waals surface area contributed by atoms with Gasteiger partial charge < -0.3 is 5.32 Å². The smallest absolute Gasteiger partial charge is 0.222 e. The number of hydrogen-bond donors (Lipinski definition) is 1. The molecule has 0 aliphatic heterocycles. The molecule has 1 aliphatic carbocycles. The molecule has 4 heteroatoms. The van der Waals surface area contributed by atoms with E-state index in [2.05, 4.69) is 15.3 Å². The van der Waals surface area contributed by atoms with Gasteiger partial charge >= 0.3 is 0 Å². The second-order valence-corrected chi connectivity index (χ2v) is 4.24. The molecule has 1 aromatic heterocycles. The number of halogens is 1. The Balaban J connectivity index is 1.83. The third kappa shape index (κ3) is 2.35. The molecule has 1 fully saturated rings. The summed E-state index contributed by atoms with van der Waals surface area (Å²) in [5, 5.41) is 3.25. The molecule has 2 rings (SSSR count). The molecular weight excluding hydrogens is 198 g/mol. The van der Waals surface area contributed by atoms with Gasteiger partial charge in [0.15, 0.2) is 0 Å². The average Bonchev–Trinajstić information content (AvgIpc) is 2.98. The van der Waals surface area contributed by atoms with Crippen molar-refractivity contribution in [2.24, 2.45) is 5.41 Å². The van der Waals surface area contributed by atoms with Crippen molar-refractivity contribution in [1.29, 1.82) is 0 Å². The highest BCUT2D eigenvalue weighted by atomic mass is 35.5. The number of nitrogens with one attached hydrogen (secondary N) is 1. The molecule has 1 aliphatic rings. The summed E-state index contributed by atoms with van der Waals surface area (Å²) >= 11 is 5.75. The molecule has 0 radical (unpaired) electrons. The quantitative estimate of drug-likeness (QED) is 0.760. The van der Waals surface area contributed by atoms with Gasteiger partial charge in [0.1, 0.15) is 0 Å². The first kappa shape index (κ1) is 9.71. The van der Waals surface area contributed by atoms with E-state index in [1.54, 1.807) is 12.4 Å². The van der Waals surface area contributed by atoms with Crippen LogP contribution in [0.3, 0.4) is 0 Å². The molecule has 76 valence electrons. The van der Waals surface area contributed by atoms with E-state index in [4.69, 9.17) is 11.6 Å². The fourth-order valence-corrected chi connectivity index (χ4v) is 1.95. The number of rotatable bonds is 5. The van der Waals surface area contributed by atoms with Crippen LogP contribution in [0.2, 0.25) is 0 Å². The molecule has 0 bridgehead atoms. The number of hydrogen-bond acceptors (Lipinski definition) is 3. The van der Waals surface area contributed by atoms with Crippen LogP contribution in [0.5, 0.6) is 0 Å². The zero-order chi connectivity index (χ0) is 9.86. The Morgan fingerprint density at radius 2 is 2.07 bits per heavy atom. The largest absolute Gasteiger partial charge is 0.354 e. The van der Waals surface area contributed by atoms with E-state index in [9.17, 15) is 0 Å². The van der Waals surface area contributed by atoms with Crippen LogP contribution < -0.4 is 5.32 Å². The van der Waals surface area contributed by atoms with Gasteiger partial charge in [-0.3, -0.25) is 0 Å². The lowest BCUT2D eigenvalue weighted by Gasteiger charge is -2.13. The van der Waals surface area contributed by atoms with Crippen LogP contribution in [0.15, 0.2) is 18.5 Å². The highest BCUT2D eigenvalue weighted by Crippen LogP contribution is 2.48. The van der Waals surface area contributed by atoms with Crippen molar-refractivity contribution in [3.63, 3.8) is 0 Å². The third-order valence-electron chi connectivity index (χ3n) is 2.77. The third-order valence-corrected chi connectivity index (χ3v) is 2.96. The summed E-state index contributed by atoms with van der Waals surface area (Å²) in [5.74, 6) is 1.46. The van der Waals surface area contributed by atoms with Crippen molar-refractivity contribution in [1.82, 2.24) is 9.97 Å². The van der Waals surface area contributed by atoms with Crippen LogP contribution in [0, 0.1) is 5.41 Å². The van der Waals surface area contributed by atoms with Crippen LogP contribution >= 0.6 is 11.6 Å². The predicted molar refractivity (Wildman–Crippen MR) is 57.5 cm³/mol. The van der Waals surface area contributed by atoms with Gasteiger partial charge in [-0.15, -0.1) is 11.6 Å². The van der Waals surface area contributed by atoms with Gasteiger partial charge in [-0.2, -0.15) is 0 Å². The minimum atomic E-state index is 0.431. The topological polar surface area (TPSA) is 37.8 Å². The van der Waals surface area contributed by atoms with Gasteiger partial charge in [0.2, 0.25) is 5.95 Å². The summed E-state index contributed by atoms with van der Waals surface area (Å²) in [6.07, 6.45) is 7.14. The Kier molecular flexibility index (Phi) is 2.87. The standard InChI is InChI=1S/C10H14ClN3/c11-5-4-10(2-3-10)8-14-9-12-6-1-7-13-9/h1,6-7H,2-5,8H2,(H,12,13,14). The number of nitrogens with zero attached hydrogens (tertiary/aromatic N) is 2. The molecule has 1 heterocycles. The van der Waals surface area contributed by atoms with E-state index >= 15 is 0 Å². The maximum atomic E-state index is 5.75. The molecule has 0 aromatic carbocycles. The van der Waals surface area contributed by atoms with Crippen molar-refractivity contribution in [3.8, 4) is 0 Å². The predicted octanol–water partition coefficient (Wildman–Crippen LogP) is 2.30. The molecule has 0 unspecified atom stereocenters. The molecule has 0 spiro atoms. The minimum absolute atomic E-state index is 0.431. The first-order valence-electron chi connectivity index (χ1n) is 4.92. The van der Waals surface area contributed by atoms with E-state index in [-0.39, 0.29) is 0 Å². The van der Waals surface area contributed by atoms with Gasteiger partial charge in [-0.25, -0.2) is 9.97 Å². The van der Waals surface area contributed by atoms with E-state index in [0.717, 1.165) is 18.8 Å². The number of anilines is 1. The van der Waals surface area contributed by atoms with Crippen molar-refractivity contribution in [2.45, 2.75) is 19.3 Å². The maximum Gasteiger partial charge on any atom is 0.222 e. The fourth-order valence-electron chi connectivity index (χ4n) is 1.55. The molecule has 1 saturated carbocycles. The molecular formula is C10H14ClN3. The van der Waals surface area contributed by atoms with E-state index in [1.807, 2.05) is 6.07 Å². The summed E-state index contributed by atoms with van der Waals surface area (Å²) in [4.78, 5) is 8.23. The van der Waals surface area contributed by atoms with Crippen LogP contribution in [-0.4, -0.2) is 22.4 Å². The molecule has 1 aromatic rings. The maximum absolute atomic E-state index is 5.75. The van der Waals surface area contributed by atoms with Crippen molar-refractivity contribution in [3.05, 3.63) is 18.5 Å². The van der Waals surface area contributed by atoms with Gasteiger partial charge in [0.05, 0.1) is 0 Å². The second-order valence-electron chi connectivity index (χ2n) is 3.86. The molecule has 0 atom stereocenters. The second kappa shape index (κ2) is 4.13. The normalized spacial score (nSPS) is 17.8. The monoisotopic (exact) mass is 211 g/mol. The number of alkyl halides is 1. The fraction of sp³-hybridized carbons (Fsp3) is 0.600. The van der Waals surface area contributed by atoms with E-state index < -0.39 is 0 Å². The molecule has 3 nitrogen and oxygen atoms in total. The lowest BCUT2D eigenvalue weighted by molar-refractivity contribution is 0.523. The van der Waals surface area contributed by atoms with Gasteiger partial charge in [0.25, 0.3) is 0 Å². The van der Waals surface area contributed by atoms with Gasteiger partial charge in [-0.05, 0) is 30.7 Å². The Hall–Kier alpha value is -0.830. The number of aromatic nitrogens is 2. The molecule has 1 N–H and O–H groups in total. The van der Waals surface area contributed by atoms with Crippen molar-refractivity contribution in [2.75, 3.05) is 17.7 Å². The Bertz CT molecular complexity index is 285. The van der Waals surface area contributed by atoms with Crippen LogP contribution in [0.4, 0.5) is 5.95 Å². The summed E-state index contributed by atoms with van der Waals surface area (Å²) in [6.45, 7) is 0.948. The molecule has 0 amide bonds. The van der Waals surface area contributed by atoms with E-state index in [0.29, 0.717) is 11.4 Å². The van der Waals surface area contributed by atoms with Crippen LogP contribution in [0.25, 0.3) is 0 Å². The van der Waals surface area contributed by atoms with Crippen molar-refractivity contribution >= 4 is 17.5 Å². The summed E-state index contributed by atoms with van der Waals surface area (Å²) in [5.41, 5.74) is 0.431. The van der Waals surface area contributed by atoms with Crippen LogP contribution in [0.1, 0.15) is 19.3 Å². The zero-order valence-corrected chi connectivity index (χ0v) is 8.80. The van der Waals surface area contributed by atoms with Crippen LogP contribution in [-0.2, 0) is 0 Å². The highest BCUT2D eigenvalue weighted by molar-refractivity contribution is 6.17. The lowest BCUT2D eigenvalue weighted by atomic mass is 10.0. The van der Waals surface area contributed by atoms with Gasteiger partial charge in [0, 0.05) is 24.8 Å².